The molecule has 0 radical (unpaired) electrons. The molecule has 1 aliphatic rings. The number of rotatable bonds is 8. The molecular formula is C14H26N6. The summed E-state index contributed by atoms with van der Waals surface area (Å²) in [6.07, 6.45) is 5.75. The van der Waals surface area contributed by atoms with Crippen molar-refractivity contribution in [1.82, 2.24) is 14.9 Å². The van der Waals surface area contributed by atoms with Gasteiger partial charge >= 0.3 is 0 Å². The molecule has 2 rings (SSSR count). The maximum atomic E-state index is 5.45. The van der Waals surface area contributed by atoms with Crippen LogP contribution in [0, 0.1) is 0 Å². The lowest BCUT2D eigenvalue weighted by atomic mass is 10.3. The van der Waals surface area contributed by atoms with Crippen molar-refractivity contribution in [3.05, 3.63) is 11.9 Å². The second-order valence-electron chi connectivity index (χ2n) is 5.28. The third kappa shape index (κ3) is 4.61. The first kappa shape index (κ1) is 15.0. The summed E-state index contributed by atoms with van der Waals surface area (Å²) >= 11 is 0. The van der Waals surface area contributed by atoms with Gasteiger partial charge in [-0.1, -0.05) is 6.92 Å². The van der Waals surface area contributed by atoms with Gasteiger partial charge in [0.1, 0.15) is 17.5 Å². The molecule has 0 saturated carbocycles. The van der Waals surface area contributed by atoms with Crippen molar-refractivity contribution in [3.8, 4) is 0 Å². The monoisotopic (exact) mass is 278 g/mol. The molecule has 0 aliphatic carbocycles. The largest absolute Gasteiger partial charge is 0.370 e. The van der Waals surface area contributed by atoms with E-state index in [0.29, 0.717) is 5.82 Å². The van der Waals surface area contributed by atoms with Gasteiger partial charge in [-0.15, -0.1) is 0 Å². The second-order valence-corrected chi connectivity index (χ2v) is 5.28. The summed E-state index contributed by atoms with van der Waals surface area (Å²) in [6, 6.07) is 1.86. The fourth-order valence-corrected chi connectivity index (χ4v) is 2.52. The Hall–Kier alpha value is -1.40. The molecular weight excluding hydrogens is 252 g/mol. The molecule has 1 aromatic heterocycles. The molecule has 6 heteroatoms. The lowest BCUT2D eigenvalue weighted by Crippen LogP contribution is -2.22. The molecule has 1 aliphatic heterocycles. The fraction of sp³-hybridized carbons (Fsp3) is 0.714. The second kappa shape index (κ2) is 8.01. The van der Waals surface area contributed by atoms with Crippen LogP contribution in [0.2, 0.25) is 0 Å². The SMILES string of the molecule is CCCc1nc(NN)cc(NCCCN2CCCC2)n1. The van der Waals surface area contributed by atoms with E-state index >= 15 is 0 Å². The number of nitrogens with two attached hydrogens (primary N) is 1. The van der Waals surface area contributed by atoms with E-state index in [0.717, 1.165) is 37.4 Å². The molecule has 0 spiro atoms. The van der Waals surface area contributed by atoms with Crippen LogP contribution in [0.15, 0.2) is 6.07 Å². The molecule has 0 aromatic carbocycles. The number of aromatic nitrogens is 2. The van der Waals surface area contributed by atoms with Crippen molar-refractivity contribution in [3.63, 3.8) is 0 Å². The minimum absolute atomic E-state index is 0.672. The van der Waals surface area contributed by atoms with Crippen molar-refractivity contribution in [2.45, 2.75) is 39.0 Å². The third-order valence-electron chi connectivity index (χ3n) is 3.55. The maximum absolute atomic E-state index is 5.45. The Morgan fingerprint density at radius 1 is 1.25 bits per heavy atom. The molecule has 112 valence electrons. The zero-order valence-electron chi connectivity index (χ0n) is 12.4. The van der Waals surface area contributed by atoms with Crippen LogP contribution in [-0.4, -0.2) is 41.0 Å². The van der Waals surface area contributed by atoms with Crippen molar-refractivity contribution < 1.29 is 0 Å². The molecule has 4 N–H and O–H groups in total. The van der Waals surface area contributed by atoms with Gasteiger partial charge < -0.3 is 15.6 Å². The van der Waals surface area contributed by atoms with Crippen LogP contribution in [-0.2, 0) is 6.42 Å². The molecule has 0 atom stereocenters. The van der Waals surface area contributed by atoms with Gasteiger partial charge in [-0.2, -0.15) is 0 Å². The number of likely N-dealkylation sites (tertiary alicyclic amines) is 1. The Morgan fingerprint density at radius 3 is 2.70 bits per heavy atom. The topological polar surface area (TPSA) is 79.1 Å². The molecule has 1 saturated heterocycles. The summed E-state index contributed by atoms with van der Waals surface area (Å²) in [5, 5.41) is 3.37. The molecule has 0 unspecified atom stereocenters. The summed E-state index contributed by atoms with van der Waals surface area (Å²) in [6.45, 7) is 6.74. The zero-order chi connectivity index (χ0) is 14.2. The summed E-state index contributed by atoms with van der Waals surface area (Å²) in [7, 11) is 0. The highest BCUT2D eigenvalue weighted by Crippen LogP contribution is 2.12. The van der Waals surface area contributed by atoms with Gasteiger partial charge in [-0.3, -0.25) is 0 Å². The highest BCUT2D eigenvalue weighted by molar-refractivity contribution is 5.46. The summed E-state index contributed by atoms with van der Waals surface area (Å²) in [5.74, 6) is 7.82. The predicted octanol–water partition coefficient (Wildman–Crippen LogP) is 1.61. The van der Waals surface area contributed by atoms with E-state index in [-0.39, 0.29) is 0 Å². The van der Waals surface area contributed by atoms with Crippen molar-refractivity contribution in [2.24, 2.45) is 5.84 Å². The Kier molecular flexibility index (Phi) is 6.01. The number of anilines is 2. The van der Waals surface area contributed by atoms with E-state index in [4.69, 9.17) is 5.84 Å². The van der Waals surface area contributed by atoms with Crippen molar-refractivity contribution >= 4 is 11.6 Å². The van der Waals surface area contributed by atoms with Gasteiger partial charge in [0.05, 0.1) is 0 Å². The third-order valence-corrected chi connectivity index (χ3v) is 3.55. The minimum Gasteiger partial charge on any atom is -0.370 e. The number of hydrogen-bond donors (Lipinski definition) is 3. The number of nitrogen functional groups attached to an aromatic ring is 1. The van der Waals surface area contributed by atoms with E-state index in [9.17, 15) is 0 Å². The minimum atomic E-state index is 0.672. The fourth-order valence-electron chi connectivity index (χ4n) is 2.52. The molecule has 2 heterocycles. The number of aryl methyl sites for hydroxylation is 1. The first-order valence-corrected chi connectivity index (χ1v) is 7.62. The van der Waals surface area contributed by atoms with Gasteiger partial charge in [-0.05, 0) is 45.3 Å². The van der Waals surface area contributed by atoms with Crippen LogP contribution < -0.4 is 16.6 Å². The van der Waals surface area contributed by atoms with Gasteiger partial charge in [0, 0.05) is 19.0 Å². The molecule has 1 fully saturated rings. The van der Waals surface area contributed by atoms with Gasteiger partial charge in [0.15, 0.2) is 0 Å². The molecule has 0 amide bonds. The quantitative estimate of drug-likeness (QED) is 0.381. The Balaban J connectivity index is 1.79. The van der Waals surface area contributed by atoms with E-state index < -0.39 is 0 Å². The van der Waals surface area contributed by atoms with Crippen LogP contribution in [0.3, 0.4) is 0 Å². The van der Waals surface area contributed by atoms with Crippen LogP contribution in [0.4, 0.5) is 11.6 Å². The van der Waals surface area contributed by atoms with Crippen LogP contribution in [0.1, 0.15) is 38.4 Å². The van der Waals surface area contributed by atoms with Crippen LogP contribution in [0.5, 0.6) is 0 Å². The molecule has 20 heavy (non-hydrogen) atoms. The average Bonchev–Trinajstić information content (AvgIpc) is 2.97. The lowest BCUT2D eigenvalue weighted by molar-refractivity contribution is 0.337. The molecule has 6 nitrogen and oxygen atoms in total. The smallest absolute Gasteiger partial charge is 0.145 e. The van der Waals surface area contributed by atoms with Crippen molar-refractivity contribution in [2.75, 3.05) is 36.9 Å². The first-order valence-electron chi connectivity index (χ1n) is 7.62. The average molecular weight is 278 g/mol. The van der Waals surface area contributed by atoms with Crippen molar-refractivity contribution in [1.29, 1.82) is 0 Å². The summed E-state index contributed by atoms with van der Waals surface area (Å²) in [4.78, 5) is 11.4. The van der Waals surface area contributed by atoms with E-state index in [1.807, 2.05) is 6.07 Å². The highest BCUT2D eigenvalue weighted by atomic mass is 15.3. The Labute approximate surface area is 121 Å². The summed E-state index contributed by atoms with van der Waals surface area (Å²) < 4.78 is 0. The number of hydrazine groups is 1. The van der Waals surface area contributed by atoms with Crippen LogP contribution >= 0.6 is 0 Å². The van der Waals surface area contributed by atoms with Gasteiger partial charge in [0.25, 0.3) is 0 Å². The highest BCUT2D eigenvalue weighted by Gasteiger charge is 2.10. The number of nitrogens with zero attached hydrogens (tertiary/aromatic N) is 3. The number of nitrogens with one attached hydrogen (secondary N) is 2. The summed E-state index contributed by atoms with van der Waals surface area (Å²) in [5.41, 5.74) is 2.60. The molecule has 0 bridgehead atoms. The van der Waals surface area contributed by atoms with Crippen LogP contribution in [0.25, 0.3) is 0 Å². The Bertz CT molecular complexity index is 403. The van der Waals surface area contributed by atoms with Gasteiger partial charge in [-0.25, -0.2) is 15.8 Å². The van der Waals surface area contributed by atoms with E-state index in [1.165, 1.54) is 32.5 Å². The van der Waals surface area contributed by atoms with E-state index in [2.05, 4.69) is 32.5 Å². The zero-order valence-corrected chi connectivity index (χ0v) is 12.4. The van der Waals surface area contributed by atoms with E-state index in [1.54, 1.807) is 0 Å². The standard InChI is InChI=1S/C14H26N6/c1-2-6-12-17-13(11-14(18-12)19-15)16-7-5-10-20-8-3-4-9-20/h11H,2-10,15H2,1H3,(H2,16,17,18,19). The Morgan fingerprint density at radius 2 is 2.00 bits per heavy atom. The normalized spacial score (nSPS) is 15.5. The predicted molar refractivity (Wildman–Crippen MR) is 82.6 cm³/mol. The first-order chi connectivity index (χ1) is 9.81. The maximum Gasteiger partial charge on any atom is 0.145 e. The lowest BCUT2D eigenvalue weighted by Gasteiger charge is -2.15. The number of hydrogen-bond acceptors (Lipinski definition) is 6. The van der Waals surface area contributed by atoms with Gasteiger partial charge in [0.2, 0.25) is 0 Å². The molecule has 1 aromatic rings.